The largest absolute Gasteiger partial charge is 0.335 e. The molecule has 1 unspecified atom stereocenters. The van der Waals surface area contributed by atoms with Crippen molar-refractivity contribution in [2.24, 2.45) is 0 Å². The van der Waals surface area contributed by atoms with Gasteiger partial charge in [0, 0.05) is 37.6 Å². The first kappa shape index (κ1) is 14.2. The van der Waals surface area contributed by atoms with E-state index in [-0.39, 0.29) is 11.9 Å². The van der Waals surface area contributed by atoms with Gasteiger partial charge in [0.15, 0.2) is 5.65 Å². The Hall–Kier alpha value is -2.46. The summed E-state index contributed by atoms with van der Waals surface area (Å²) < 4.78 is 1.61. The first-order valence-electron chi connectivity index (χ1n) is 7.93. The van der Waals surface area contributed by atoms with Crippen molar-refractivity contribution in [3.63, 3.8) is 0 Å². The lowest BCUT2D eigenvalue weighted by atomic mass is 10.1. The van der Waals surface area contributed by atoms with E-state index in [0.29, 0.717) is 30.3 Å². The fraction of sp³-hybridized carbons (Fsp3) is 0.500. The highest BCUT2D eigenvalue weighted by atomic mass is 16.2. The Morgan fingerprint density at radius 2 is 2.22 bits per heavy atom. The number of carbonyl (C=O) groups excluding carboxylic acids is 1. The molecule has 0 spiro atoms. The lowest BCUT2D eigenvalue weighted by molar-refractivity contribution is 0.0552. The number of amides is 1. The standard InChI is InChI=1S/C16H18N6O/c1-11-4-5-22-15(19-11)14(9-18-22)16(23)20-6-7-21(12-2-3-12)13(8-17)10-20/h4-5,9,12-13H,2-3,6-7,10H2,1H3. The average molecular weight is 310 g/mol. The monoisotopic (exact) mass is 310 g/mol. The molecule has 0 N–H and O–H groups in total. The van der Waals surface area contributed by atoms with Crippen LogP contribution in [0.5, 0.6) is 0 Å². The highest BCUT2D eigenvalue weighted by Gasteiger charge is 2.39. The minimum atomic E-state index is -0.211. The van der Waals surface area contributed by atoms with Gasteiger partial charge in [0.05, 0.1) is 12.3 Å². The number of rotatable bonds is 2. The molecule has 7 nitrogen and oxygen atoms in total. The summed E-state index contributed by atoms with van der Waals surface area (Å²) in [6.07, 6.45) is 5.71. The number of hydrogen-bond acceptors (Lipinski definition) is 5. The van der Waals surface area contributed by atoms with Crippen LogP contribution in [-0.2, 0) is 0 Å². The summed E-state index contributed by atoms with van der Waals surface area (Å²) in [6, 6.07) is 4.53. The second kappa shape index (κ2) is 5.32. The SMILES string of the molecule is Cc1ccn2ncc(C(=O)N3CCN(C4CC4)C(C#N)C3)c2n1. The zero-order chi connectivity index (χ0) is 16.0. The Morgan fingerprint density at radius 1 is 1.39 bits per heavy atom. The Bertz CT molecular complexity index is 802. The molecule has 2 fully saturated rings. The van der Waals surface area contributed by atoms with E-state index >= 15 is 0 Å². The van der Waals surface area contributed by atoms with Gasteiger partial charge in [-0.15, -0.1) is 0 Å². The van der Waals surface area contributed by atoms with Gasteiger partial charge < -0.3 is 4.90 Å². The number of piperazine rings is 1. The molecule has 1 amide bonds. The molecule has 0 radical (unpaired) electrons. The number of nitriles is 1. The molecule has 1 aliphatic carbocycles. The van der Waals surface area contributed by atoms with E-state index < -0.39 is 0 Å². The molecule has 2 aromatic heterocycles. The number of aromatic nitrogens is 3. The first-order valence-corrected chi connectivity index (χ1v) is 7.93. The molecule has 1 atom stereocenters. The van der Waals surface area contributed by atoms with Crippen LogP contribution >= 0.6 is 0 Å². The van der Waals surface area contributed by atoms with Crippen LogP contribution in [0.2, 0.25) is 0 Å². The van der Waals surface area contributed by atoms with Gasteiger partial charge in [-0.3, -0.25) is 9.69 Å². The molecule has 2 aliphatic rings. The van der Waals surface area contributed by atoms with Crippen LogP contribution < -0.4 is 0 Å². The lowest BCUT2D eigenvalue weighted by Crippen LogP contribution is -2.54. The molecule has 1 saturated carbocycles. The normalized spacial score (nSPS) is 22.3. The smallest absolute Gasteiger partial charge is 0.259 e. The maximum absolute atomic E-state index is 12.8. The van der Waals surface area contributed by atoms with E-state index in [2.05, 4.69) is 21.1 Å². The Labute approximate surface area is 134 Å². The Balaban J connectivity index is 1.59. The molecule has 0 aromatic carbocycles. The second-order valence-corrected chi connectivity index (χ2v) is 6.26. The zero-order valence-electron chi connectivity index (χ0n) is 13.0. The summed E-state index contributed by atoms with van der Waals surface area (Å²) in [6.45, 7) is 3.76. The third-order valence-corrected chi connectivity index (χ3v) is 4.61. The van der Waals surface area contributed by atoms with Crippen LogP contribution in [0.4, 0.5) is 0 Å². The minimum Gasteiger partial charge on any atom is -0.335 e. The molecule has 4 rings (SSSR count). The Morgan fingerprint density at radius 3 is 2.96 bits per heavy atom. The van der Waals surface area contributed by atoms with Crippen LogP contribution in [0.15, 0.2) is 18.5 Å². The molecule has 7 heteroatoms. The van der Waals surface area contributed by atoms with Gasteiger partial charge in [-0.1, -0.05) is 0 Å². The van der Waals surface area contributed by atoms with Gasteiger partial charge in [0.2, 0.25) is 0 Å². The maximum atomic E-state index is 12.8. The van der Waals surface area contributed by atoms with Crippen LogP contribution in [0, 0.1) is 18.3 Å². The fourth-order valence-electron chi connectivity index (χ4n) is 3.22. The first-order chi connectivity index (χ1) is 11.2. The second-order valence-electron chi connectivity index (χ2n) is 6.26. The molecule has 3 heterocycles. The number of nitrogens with zero attached hydrogens (tertiary/aromatic N) is 6. The third kappa shape index (κ3) is 2.45. The quantitative estimate of drug-likeness (QED) is 0.822. The van der Waals surface area contributed by atoms with E-state index in [0.717, 1.165) is 12.2 Å². The van der Waals surface area contributed by atoms with E-state index in [9.17, 15) is 10.1 Å². The highest BCUT2D eigenvalue weighted by Crippen LogP contribution is 2.30. The van der Waals surface area contributed by atoms with E-state index in [1.54, 1.807) is 21.8 Å². The average Bonchev–Trinajstić information content (AvgIpc) is 3.33. The summed E-state index contributed by atoms with van der Waals surface area (Å²) in [7, 11) is 0. The van der Waals surface area contributed by atoms with E-state index in [4.69, 9.17) is 0 Å². The molecule has 1 saturated heterocycles. The minimum absolute atomic E-state index is 0.0891. The summed E-state index contributed by atoms with van der Waals surface area (Å²) in [5.74, 6) is -0.0891. The highest BCUT2D eigenvalue weighted by molar-refractivity contribution is 5.99. The van der Waals surface area contributed by atoms with Crippen LogP contribution in [0.1, 0.15) is 28.9 Å². The Kier molecular flexibility index (Phi) is 3.27. The van der Waals surface area contributed by atoms with Crippen molar-refractivity contribution in [2.75, 3.05) is 19.6 Å². The van der Waals surface area contributed by atoms with Crippen molar-refractivity contribution in [1.82, 2.24) is 24.4 Å². The number of carbonyl (C=O) groups is 1. The number of aryl methyl sites for hydroxylation is 1. The van der Waals surface area contributed by atoms with Crippen molar-refractivity contribution < 1.29 is 4.79 Å². The summed E-state index contributed by atoms with van der Waals surface area (Å²) in [5.41, 5.74) is 1.93. The van der Waals surface area contributed by atoms with E-state index in [1.807, 2.05) is 13.0 Å². The predicted octanol–water partition coefficient (Wildman–Crippen LogP) is 0.850. The van der Waals surface area contributed by atoms with Crippen LogP contribution in [-0.4, -0.2) is 62.0 Å². The van der Waals surface area contributed by atoms with Gasteiger partial charge in [0.25, 0.3) is 5.91 Å². The molecule has 0 bridgehead atoms. The fourth-order valence-corrected chi connectivity index (χ4v) is 3.22. The summed E-state index contributed by atoms with van der Waals surface area (Å²) in [5, 5.41) is 13.6. The van der Waals surface area contributed by atoms with Gasteiger partial charge in [-0.25, -0.2) is 9.50 Å². The van der Waals surface area contributed by atoms with Crippen molar-refractivity contribution in [1.29, 1.82) is 5.26 Å². The molecular formula is C16H18N6O. The number of hydrogen-bond donors (Lipinski definition) is 0. The topological polar surface area (TPSA) is 77.5 Å². The third-order valence-electron chi connectivity index (χ3n) is 4.61. The van der Waals surface area contributed by atoms with Crippen LogP contribution in [0.3, 0.4) is 0 Å². The van der Waals surface area contributed by atoms with Gasteiger partial charge in [0.1, 0.15) is 11.6 Å². The van der Waals surface area contributed by atoms with Crippen molar-refractivity contribution in [3.8, 4) is 6.07 Å². The zero-order valence-corrected chi connectivity index (χ0v) is 13.0. The van der Waals surface area contributed by atoms with Crippen molar-refractivity contribution in [2.45, 2.75) is 31.8 Å². The van der Waals surface area contributed by atoms with Crippen molar-refractivity contribution in [3.05, 3.63) is 29.7 Å². The molecule has 23 heavy (non-hydrogen) atoms. The number of fused-ring (bicyclic) bond motifs is 1. The van der Waals surface area contributed by atoms with Gasteiger partial charge in [-0.2, -0.15) is 10.4 Å². The van der Waals surface area contributed by atoms with E-state index in [1.165, 1.54) is 12.8 Å². The summed E-state index contributed by atoms with van der Waals surface area (Å²) in [4.78, 5) is 21.3. The predicted molar refractivity (Wildman–Crippen MR) is 82.8 cm³/mol. The lowest BCUT2D eigenvalue weighted by Gasteiger charge is -2.38. The maximum Gasteiger partial charge on any atom is 0.259 e. The van der Waals surface area contributed by atoms with Gasteiger partial charge >= 0.3 is 0 Å². The molecule has 118 valence electrons. The summed E-state index contributed by atoms with van der Waals surface area (Å²) >= 11 is 0. The van der Waals surface area contributed by atoms with Gasteiger partial charge in [-0.05, 0) is 25.8 Å². The van der Waals surface area contributed by atoms with Crippen LogP contribution in [0.25, 0.3) is 5.65 Å². The molecular weight excluding hydrogens is 292 g/mol. The molecule has 2 aromatic rings. The van der Waals surface area contributed by atoms with Crippen molar-refractivity contribution >= 4 is 11.6 Å². The molecule has 1 aliphatic heterocycles.